The third-order valence-electron chi connectivity index (χ3n) is 4.78. The lowest BCUT2D eigenvalue weighted by atomic mass is 10.1. The fourth-order valence-electron chi connectivity index (χ4n) is 3.46. The van der Waals surface area contributed by atoms with Crippen molar-refractivity contribution in [2.24, 2.45) is 12.8 Å². The zero-order valence-electron chi connectivity index (χ0n) is 14.9. The summed E-state index contributed by atoms with van der Waals surface area (Å²) in [5, 5.41) is 3.24. The minimum Gasteiger partial charge on any atom is -0.352 e. The highest BCUT2D eigenvalue weighted by Gasteiger charge is 2.31. The van der Waals surface area contributed by atoms with Gasteiger partial charge in [-0.2, -0.15) is 0 Å². The van der Waals surface area contributed by atoms with Crippen LogP contribution in [0, 0.1) is 0 Å². The maximum absolute atomic E-state index is 13.0. The molecule has 0 spiro atoms. The highest BCUT2D eigenvalue weighted by Crippen LogP contribution is 2.23. The number of benzene rings is 1. The SMILES string of the molecule is C[C@@H]1CN(C(=O)c2cn(C)c3ccccc23)CCN1C(=O)CNC(N)=O. The van der Waals surface area contributed by atoms with Gasteiger partial charge in [-0.25, -0.2) is 4.79 Å². The first-order chi connectivity index (χ1) is 12.4. The van der Waals surface area contributed by atoms with Crippen molar-refractivity contribution < 1.29 is 14.4 Å². The molecule has 8 heteroatoms. The Hall–Kier alpha value is -3.03. The number of carbonyl (C=O) groups is 3. The van der Waals surface area contributed by atoms with E-state index in [1.807, 2.05) is 49.0 Å². The number of amides is 4. The number of nitrogens with two attached hydrogens (primary N) is 1. The minimum absolute atomic E-state index is 0.0315. The molecule has 0 bridgehead atoms. The number of nitrogens with one attached hydrogen (secondary N) is 1. The van der Waals surface area contributed by atoms with Gasteiger partial charge in [0.2, 0.25) is 5.91 Å². The molecule has 1 aliphatic rings. The quantitative estimate of drug-likeness (QED) is 0.837. The summed E-state index contributed by atoms with van der Waals surface area (Å²) in [5.74, 6) is -0.232. The van der Waals surface area contributed by atoms with E-state index in [2.05, 4.69) is 5.32 Å². The average Bonchev–Trinajstić information content (AvgIpc) is 2.96. The highest BCUT2D eigenvalue weighted by molar-refractivity contribution is 6.07. The molecule has 3 N–H and O–H groups in total. The molecule has 8 nitrogen and oxygen atoms in total. The first-order valence-electron chi connectivity index (χ1n) is 8.54. The zero-order valence-corrected chi connectivity index (χ0v) is 14.9. The number of piperazine rings is 1. The number of hydrogen-bond donors (Lipinski definition) is 2. The summed E-state index contributed by atoms with van der Waals surface area (Å²) < 4.78 is 1.95. The molecule has 138 valence electrons. The van der Waals surface area contributed by atoms with E-state index in [0.29, 0.717) is 25.2 Å². The number of aryl methyl sites for hydroxylation is 1. The number of primary amides is 1. The number of nitrogens with zero attached hydrogens (tertiary/aromatic N) is 3. The molecule has 26 heavy (non-hydrogen) atoms. The largest absolute Gasteiger partial charge is 0.352 e. The van der Waals surface area contributed by atoms with Crippen molar-refractivity contribution in [3.63, 3.8) is 0 Å². The molecule has 4 amide bonds. The van der Waals surface area contributed by atoms with Crippen molar-refractivity contribution in [2.45, 2.75) is 13.0 Å². The number of carbonyl (C=O) groups excluding carboxylic acids is 3. The van der Waals surface area contributed by atoms with Gasteiger partial charge in [-0.1, -0.05) is 18.2 Å². The Morgan fingerprint density at radius 3 is 2.65 bits per heavy atom. The van der Waals surface area contributed by atoms with E-state index in [0.717, 1.165) is 10.9 Å². The summed E-state index contributed by atoms with van der Waals surface area (Å²) in [7, 11) is 1.92. The molecule has 1 atom stereocenters. The van der Waals surface area contributed by atoms with E-state index in [9.17, 15) is 14.4 Å². The number of rotatable bonds is 3. The molecule has 1 aliphatic heterocycles. The van der Waals surface area contributed by atoms with E-state index in [1.165, 1.54) is 0 Å². The van der Waals surface area contributed by atoms with Gasteiger partial charge in [0.05, 0.1) is 12.1 Å². The van der Waals surface area contributed by atoms with Crippen molar-refractivity contribution >= 4 is 28.7 Å². The van der Waals surface area contributed by atoms with Gasteiger partial charge in [0, 0.05) is 49.8 Å². The Morgan fingerprint density at radius 1 is 1.23 bits per heavy atom. The maximum Gasteiger partial charge on any atom is 0.312 e. The Balaban J connectivity index is 1.71. The Bertz CT molecular complexity index is 860. The Kier molecular flexibility index (Phi) is 4.83. The molecule has 0 aliphatic carbocycles. The first kappa shape index (κ1) is 17.8. The monoisotopic (exact) mass is 357 g/mol. The van der Waals surface area contributed by atoms with E-state index >= 15 is 0 Å². The molecule has 2 aromatic rings. The lowest BCUT2D eigenvalue weighted by Gasteiger charge is -2.39. The van der Waals surface area contributed by atoms with Crippen molar-refractivity contribution in [1.82, 2.24) is 19.7 Å². The van der Waals surface area contributed by atoms with Crippen molar-refractivity contribution in [1.29, 1.82) is 0 Å². The second kappa shape index (κ2) is 7.07. The number of urea groups is 1. The van der Waals surface area contributed by atoms with Crippen LogP contribution in [0.4, 0.5) is 4.79 Å². The molecule has 0 saturated carbocycles. The lowest BCUT2D eigenvalue weighted by molar-refractivity contribution is -0.134. The van der Waals surface area contributed by atoms with Crippen molar-refractivity contribution in [3.8, 4) is 0 Å². The Morgan fingerprint density at radius 2 is 1.96 bits per heavy atom. The molecule has 1 saturated heterocycles. The smallest absolute Gasteiger partial charge is 0.312 e. The van der Waals surface area contributed by atoms with E-state index in [4.69, 9.17) is 5.73 Å². The van der Waals surface area contributed by atoms with Crippen LogP contribution in [0.3, 0.4) is 0 Å². The zero-order chi connectivity index (χ0) is 18.8. The summed E-state index contributed by atoms with van der Waals surface area (Å²) in [4.78, 5) is 39.4. The molecular weight excluding hydrogens is 334 g/mol. The van der Waals surface area contributed by atoms with E-state index in [1.54, 1.807) is 9.80 Å². The fraction of sp³-hybridized carbons (Fsp3) is 0.389. The van der Waals surface area contributed by atoms with Gasteiger partial charge >= 0.3 is 6.03 Å². The Labute approximate surface area is 151 Å². The third kappa shape index (κ3) is 3.35. The number of para-hydroxylation sites is 1. The van der Waals surface area contributed by atoms with Gasteiger partial charge in [0.1, 0.15) is 0 Å². The summed E-state index contributed by atoms with van der Waals surface area (Å²) in [6.07, 6.45) is 1.85. The highest BCUT2D eigenvalue weighted by atomic mass is 16.2. The lowest BCUT2D eigenvalue weighted by Crippen LogP contribution is -2.57. The first-order valence-corrected chi connectivity index (χ1v) is 8.54. The predicted molar refractivity (Wildman–Crippen MR) is 97.6 cm³/mol. The van der Waals surface area contributed by atoms with Crippen LogP contribution >= 0.6 is 0 Å². The van der Waals surface area contributed by atoms with Crippen molar-refractivity contribution in [3.05, 3.63) is 36.0 Å². The molecule has 1 aromatic carbocycles. The van der Waals surface area contributed by atoms with Gasteiger partial charge in [0.15, 0.2) is 0 Å². The second-order valence-corrected chi connectivity index (χ2v) is 6.58. The molecule has 1 aromatic heterocycles. The van der Waals surface area contributed by atoms with Crippen molar-refractivity contribution in [2.75, 3.05) is 26.2 Å². The molecular formula is C18H23N5O3. The molecule has 2 heterocycles. The standard InChI is InChI=1S/C18H23N5O3/c1-12-10-22(7-8-23(12)16(24)9-20-18(19)26)17(25)14-11-21(2)15-6-4-3-5-13(14)15/h3-6,11-12H,7-10H2,1-2H3,(H3,19,20,26)/t12-/m1/s1. The van der Waals surface area contributed by atoms with Crippen LogP contribution in [-0.4, -0.2) is 64.4 Å². The summed E-state index contributed by atoms with van der Waals surface area (Å²) in [6, 6.07) is 6.94. The molecule has 0 unspecified atom stereocenters. The molecule has 1 fully saturated rings. The predicted octanol–water partition coefficient (Wildman–Crippen LogP) is 0.520. The van der Waals surface area contributed by atoms with Gasteiger partial charge in [-0.3, -0.25) is 9.59 Å². The van der Waals surface area contributed by atoms with Gasteiger partial charge < -0.3 is 25.4 Å². The van der Waals surface area contributed by atoms with E-state index < -0.39 is 6.03 Å². The second-order valence-electron chi connectivity index (χ2n) is 6.58. The molecule has 0 radical (unpaired) electrons. The maximum atomic E-state index is 13.0. The summed E-state index contributed by atoms with van der Waals surface area (Å²) >= 11 is 0. The minimum atomic E-state index is -0.726. The van der Waals surface area contributed by atoms with Crippen LogP contribution in [0.25, 0.3) is 10.9 Å². The van der Waals surface area contributed by atoms with E-state index in [-0.39, 0.29) is 24.4 Å². The third-order valence-corrected chi connectivity index (χ3v) is 4.78. The normalized spacial score (nSPS) is 17.4. The van der Waals surface area contributed by atoms with Crippen LogP contribution in [0.15, 0.2) is 30.5 Å². The van der Waals surface area contributed by atoms with Gasteiger partial charge in [0.25, 0.3) is 5.91 Å². The average molecular weight is 357 g/mol. The fourth-order valence-corrected chi connectivity index (χ4v) is 3.46. The van der Waals surface area contributed by atoms with Gasteiger partial charge in [-0.15, -0.1) is 0 Å². The van der Waals surface area contributed by atoms with Crippen LogP contribution < -0.4 is 11.1 Å². The van der Waals surface area contributed by atoms with Crippen LogP contribution in [0.2, 0.25) is 0 Å². The number of aromatic nitrogens is 1. The van der Waals surface area contributed by atoms with Gasteiger partial charge in [-0.05, 0) is 13.0 Å². The van der Waals surface area contributed by atoms with Crippen LogP contribution in [0.5, 0.6) is 0 Å². The number of hydrogen-bond acceptors (Lipinski definition) is 3. The topological polar surface area (TPSA) is 101 Å². The number of fused-ring (bicyclic) bond motifs is 1. The molecule has 3 rings (SSSR count). The van der Waals surface area contributed by atoms with Crippen LogP contribution in [-0.2, 0) is 11.8 Å². The van der Waals surface area contributed by atoms with Crippen LogP contribution in [0.1, 0.15) is 17.3 Å². The summed E-state index contributed by atoms with van der Waals surface area (Å²) in [5.41, 5.74) is 6.68. The summed E-state index contributed by atoms with van der Waals surface area (Å²) in [6.45, 7) is 3.09.